The first kappa shape index (κ1) is 19.7. The van der Waals surface area contributed by atoms with Crippen LogP contribution in [0.3, 0.4) is 0 Å². The Morgan fingerprint density at radius 3 is 2.83 bits per heavy atom. The van der Waals surface area contributed by atoms with Gasteiger partial charge in [0.1, 0.15) is 0 Å². The molecule has 0 atom stereocenters. The summed E-state index contributed by atoms with van der Waals surface area (Å²) in [4.78, 5) is 7.70. The Labute approximate surface area is 148 Å². The molecule has 6 heteroatoms. The summed E-state index contributed by atoms with van der Waals surface area (Å²) in [6, 6.07) is 0. The van der Waals surface area contributed by atoms with Gasteiger partial charge in [-0.3, -0.25) is 0 Å². The molecule has 0 spiro atoms. The molecule has 2 rings (SSSR count). The second-order valence-electron chi connectivity index (χ2n) is 6.64. The zero-order chi connectivity index (χ0) is 17.2. The van der Waals surface area contributed by atoms with Gasteiger partial charge < -0.3 is 9.64 Å². The van der Waals surface area contributed by atoms with Crippen LogP contribution in [0.4, 0.5) is 8.78 Å². The third kappa shape index (κ3) is 7.51. The zero-order valence-electron chi connectivity index (χ0n) is 14.7. The summed E-state index contributed by atoms with van der Waals surface area (Å²) in [6.45, 7) is 2.73. The van der Waals surface area contributed by atoms with Gasteiger partial charge in [-0.05, 0) is 48.4 Å². The normalized spacial score (nSPS) is 21.7. The van der Waals surface area contributed by atoms with Crippen LogP contribution < -0.4 is 0 Å². The molecule has 1 fully saturated rings. The fraction of sp³-hybridized carbons (Fsp3) is 0.833. The third-order valence-electron chi connectivity index (χ3n) is 4.80. The van der Waals surface area contributed by atoms with Gasteiger partial charge >= 0.3 is 0 Å². The summed E-state index contributed by atoms with van der Waals surface area (Å²) in [7, 11) is 1.58. The Kier molecular flexibility index (Phi) is 9.10. The minimum absolute atomic E-state index is 0.345. The lowest BCUT2D eigenvalue weighted by molar-refractivity contribution is 0.0785. The van der Waals surface area contributed by atoms with Crippen molar-refractivity contribution in [2.24, 2.45) is 10.9 Å². The van der Waals surface area contributed by atoms with Crippen molar-refractivity contribution in [2.75, 3.05) is 33.3 Å². The molecule has 0 aromatic heterocycles. The van der Waals surface area contributed by atoms with E-state index in [2.05, 4.69) is 16.0 Å². The molecular formula is C18H30F2N2OS. The van der Waals surface area contributed by atoms with Gasteiger partial charge in [0.15, 0.2) is 6.61 Å². The average molecular weight is 361 g/mol. The zero-order valence-corrected chi connectivity index (χ0v) is 15.5. The molecule has 0 aromatic carbocycles. The smallest absolute Gasteiger partial charge is 0.272 e. The first-order valence-corrected chi connectivity index (χ1v) is 9.96. The van der Waals surface area contributed by atoms with Gasteiger partial charge in [-0.25, -0.2) is 13.8 Å². The number of aliphatic imine (C=N–C) groups is 1. The molecule has 3 nitrogen and oxygen atoms in total. The van der Waals surface area contributed by atoms with Gasteiger partial charge in [0.25, 0.3) is 6.43 Å². The summed E-state index contributed by atoms with van der Waals surface area (Å²) in [5.41, 5.74) is 0. The van der Waals surface area contributed by atoms with Crippen LogP contribution >= 0.6 is 11.8 Å². The van der Waals surface area contributed by atoms with Crippen molar-refractivity contribution in [2.45, 2.75) is 57.8 Å². The third-order valence-corrected chi connectivity index (χ3v) is 5.91. The van der Waals surface area contributed by atoms with Gasteiger partial charge in [-0.15, -0.1) is 0 Å². The van der Waals surface area contributed by atoms with Crippen molar-refractivity contribution in [3.63, 3.8) is 0 Å². The number of halogens is 2. The molecule has 1 aliphatic carbocycles. The van der Waals surface area contributed by atoms with Gasteiger partial charge in [0.2, 0.25) is 5.23 Å². The van der Waals surface area contributed by atoms with E-state index in [0.717, 1.165) is 31.8 Å². The molecule has 0 unspecified atom stereocenters. The Morgan fingerprint density at radius 1 is 1.33 bits per heavy atom. The van der Waals surface area contributed by atoms with E-state index < -0.39 is 13.0 Å². The summed E-state index contributed by atoms with van der Waals surface area (Å²) in [5, 5.41) is 0.345. The van der Waals surface area contributed by atoms with E-state index in [1.54, 1.807) is 7.05 Å². The maximum absolute atomic E-state index is 12.3. The highest BCUT2D eigenvalue weighted by atomic mass is 32.2. The lowest BCUT2D eigenvalue weighted by Crippen LogP contribution is -2.28. The Hall–Kier alpha value is -0.620. The molecule has 2 aliphatic rings. The number of thioether (sulfide) groups is 1. The summed E-state index contributed by atoms with van der Waals surface area (Å²) in [6.07, 6.45) is 10.1. The number of hydrogen-bond acceptors (Lipinski definition) is 4. The topological polar surface area (TPSA) is 24.8 Å². The van der Waals surface area contributed by atoms with Gasteiger partial charge in [0, 0.05) is 20.1 Å². The minimum atomic E-state index is -2.46. The fourth-order valence-electron chi connectivity index (χ4n) is 3.43. The Balaban J connectivity index is 1.69. The van der Waals surface area contributed by atoms with Crippen LogP contribution in [0, 0.1) is 5.92 Å². The van der Waals surface area contributed by atoms with Crippen molar-refractivity contribution in [1.82, 2.24) is 4.90 Å². The number of rotatable bonds is 6. The van der Waals surface area contributed by atoms with Crippen LogP contribution in [-0.4, -0.2) is 49.8 Å². The van der Waals surface area contributed by atoms with Crippen molar-refractivity contribution in [3.05, 3.63) is 11.0 Å². The highest BCUT2D eigenvalue weighted by molar-refractivity contribution is 8.16. The second-order valence-corrected chi connectivity index (χ2v) is 7.71. The van der Waals surface area contributed by atoms with Crippen LogP contribution in [0.25, 0.3) is 0 Å². The highest BCUT2D eigenvalue weighted by Gasteiger charge is 2.17. The van der Waals surface area contributed by atoms with Crippen LogP contribution in [0.2, 0.25) is 0 Å². The first-order chi connectivity index (χ1) is 11.7. The number of nitrogens with zero attached hydrogens (tertiary/aromatic N) is 2. The van der Waals surface area contributed by atoms with E-state index in [-0.39, 0.29) is 0 Å². The minimum Gasteiger partial charge on any atom is -0.467 e. The molecule has 24 heavy (non-hydrogen) atoms. The molecule has 1 aliphatic heterocycles. The van der Waals surface area contributed by atoms with E-state index in [1.165, 1.54) is 61.7 Å². The SMILES string of the molecule is CN=C(OCC(F)F)SC1=CCCN(CCC2CCCCC2)CC1. The summed E-state index contributed by atoms with van der Waals surface area (Å²) in [5.74, 6) is 0.922. The lowest BCUT2D eigenvalue weighted by atomic mass is 9.87. The molecule has 0 N–H and O–H groups in total. The lowest BCUT2D eigenvalue weighted by Gasteiger charge is -2.26. The standard InChI is InChI=1S/C18H30F2N2OS/c1-21-18(23-14-17(19)20)24-16-8-5-11-22(13-10-16)12-9-15-6-3-2-4-7-15/h8,15,17H,2-7,9-14H2,1H3. The molecule has 0 radical (unpaired) electrons. The first-order valence-electron chi connectivity index (χ1n) is 9.14. The quantitative estimate of drug-likeness (QED) is 0.495. The molecule has 0 aromatic rings. The number of ether oxygens (including phenoxy) is 1. The van der Waals surface area contributed by atoms with Crippen molar-refractivity contribution < 1.29 is 13.5 Å². The van der Waals surface area contributed by atoms with E-state index >= 15 is 0 Å². The maximum Gasteiger partial charge on any atom is 0.272 e. The van der Waals surface area contributed by atoms with E-state index in [4.69, 9.17) is 4.74 Å². The Bertz CT molecular complexity index is 423. The van der Waals surface area contributed by atoms with Crippen LogP contribution in [-0.2, 0) is 4.74 Å². The maximum atomic E-state index is 12.3. The van der Waals surface area contributed by atoms with Crippen LogP contribution in [0.5, 0.6) is 0 Å². The monoisotopic (exact) mass is 360 g/mol. The van der Waals surface area contributed by atoms with Crippen molar-refractivity contribution in [1.29, 1.82) is 0 Å². The molecular weight excluding hydrogens is 330 g/mol. The fourth-order valence-corrected chi connectivity index (χ4v) is 4.27. The van der Waals surface area contributed by atoms with Crippen LogP contribution in [0.1, 0.15) is 51.4 Å². The van der Waals surface area contributed by atoms with Crippen molar-refractivity contribution in [3.8, 4) is 0 Å². The molecule has 0 amide bonds. The van der Waals surface area contributed by atoms with Gasteiger partial charge in [-0.1, -0.05) is 38.2 Å². The average Bonchev–Trinajstić information content (AvgIpc) is 2.82. The number of alkyl halides is 2. The van der Waals surface area contributed by atoms with Gasteiger partial charge in [0.05, 0.1) is 0 Å². The molecule has 1 heterocycles. The molecule has 0 saturated heterocycles. The Morgan fingerprint density at radius 2 is 2.12 bits per heavy atom. The van der Waals surface area contributed by atoms with Crippen molar-refractivity contribution >= 4 is 17.0 Å². The number of hydrogen-bond donors (Lipinski definition) is 0. The molecule has 138 valence electrons. The molecule has 1 saturated carbocycles. The van der Waals surface area contributed by atoms with E-state index in [0.29, 0.717) is 5.23 Å². The highest BCUT2D eigenvalue weighted by Crippen LogP contribution is 2.28. The summed E-state index contributed by atoms with van der Waals surface area (Å²) >= 11 is 1.40. The second kappa shape index (κ2) is 11.1. The largest absolute Gasteiger partial charge is 0.467 e. The van der Waals surface area contributed by atoms with Crippen LogP contribution in [0.15, 0.2) is 16.0 Å². The van der Waals surface area contributed by atoms with Gasteiger partial charge in [-0.2, -0.15) is 0 Å². The predicted molar refractivity (Wildman–Crippen MR) is 97.9 cm³/mol. The van der Waals surface area contributed by atoms with E-state index in [1.807, 2.05) is 0 Å². The summed E-state index contributed by atoms with van der Waals surface area (Å²) < 4.78 is 29.6. The van der Waals surface area contributed by atoms with E-state index in [9.17, 15) is 8.78 Å². The predicted octanol–water partition coefficient (Wildman–Crippen LogP) is 4.94. The molecule has 0 bridgehead atoms.